The van der Waals surface area contributed by atoms with Gasteiger partial charge in [0.1, 0.15) is 5.54 Å². The van der Waals surface area contributed by atoms with Crippen LogP contribution in [0.2, 0.25) is 0 Å². The molecule has 0 aromatic heterocycles. The van der Waals surface area contributed by atoms with Crippen molar-refractivity contribution in [3.05, 3.63) is 95.6 Å². The van der Waals surface area contributed by atoms with E-state index in [4.69, 9.17) is 9.47 Å². The normalized spacial score (nSPS) is 23.4. The number of anilines is 2. The van der Waals surface area contributed by atoms with Gasteiger partial charge in [-0.15, -0.1) is 0 Å². The van der Waals surface area contributed by atoms with Gasteiger partial charge in [0, 0.05) is 49.5 Å². The summed E-state index contributed by atoms with van der Waals surface area (Å²) in [6, 6.07) is 25.3. The Kier molecular flexibility index (Phi) is 9.13. The van der Waals surface area contributed by atoms with E-state index in [1.54, 1.807) is 0 Å². The minimum atomic E-state index is -0.627. The smallest absolute Gasteiger partial charge is 0.319 e. The first-order valence-corrected chi connectivity index (χ1v) is 15.5. The van der Waals surface area contributed by atoms with Crippen LogP contribution in [0.4, 0.5) is 16.2 Å². The van der Waals surface area contributed by atoms with Gasteiger partial charge in [0.15, 0.2) is 6.29 Å². The molecule has 0 saturated carbocycles. The minimum absolute atomic E-state index is 0.0122. The fourth-order valence-corrected chi connectivity index (χ4v) is 6.56. The molecule has 1 spiro atoms. The predicted molar refractivity (Wildman–Crippen MR) is 168 cm³/mol. The SMILES string of the molecule is CCNC(=O)Nc1cccc(C2OC(CN3CCC4(CC3)C(=O)NCN4c3ccccc3)CC(c3ccc(CO)cc3)O2)c1. The van der Waals surface area contributed by atoms with Crippen molar-refractivity contribution >= 4 is 23.3 Å². The zero-order chi connectivity index (χ0) is 30.5. The Bertz CT molecular complexity index is 1430. The summed E-state index contributed by atoms with van der Waals surface area (Å²) >= 11 is 0. The largest absolute Gasteiger partial charge is 0.392 e. The average Bonchev–Trinajstić information content (AvgIpc) is 3.37. The summed E-state index contributed by atoms with van der Waals surface area (Å²) in [4.78, 5) is 29.9. The van der Waals surface area contributed by atoms with Gasteiger partial charge in [0.25, 0.3) is 0 Å². The molecule has 3 atom stereocenters. The number of aliphatic hydroxyl groups is 1. The molecule has 10 nitrogen and oxygen atoms in total. The van der Waals surface area contributed by atoms with Crippen molar-refractivity contribution in [2.24, 2.45) is 0 Å². The molecule has 6 rings (SSSR count). The number of carbonyl (C=O) groups excluding carboxylic acids is 2. The number of urea groups is 1. The Morgan fingerprint density at radius 1 is 1.00 bits per heavy atom. The van der Waals surface area contributed by atoms with E-state index in [1.165, 1.54) is 0 Å². The van der Waals surface area contributed by atoms with E-state index in [0.717, 1.165) is 48.3 Å². The van der Waals surface area contributed by atoms with Crippen LogP contribution in [0, 0.1) is 0 Å². The van der Waals surface area contributed by atoms with Crippen molar-refractivity contribution < 1.29 is 24.2 Å². The first kappa shape index (κ1) is 30.1. The molecule has 3 fully saturated rings. The lowest BCUT2D eigenvalue weighted by molar-refractivity contribution is -0.253. The quantitative estimate of drug-likeness (QED) is 0.305. The van der Waals surface area contributed by atoms with Crippen molar-refractivity contribution in [2.45, 2.75) is 56.8 Å². The molecule has 0 radical (unpaired) electrons. The van der Waals surface area contributed by atoms with Gasteiger partial charge in [-0.1, -0.05) is 54.6 Å². The second-order valence-corrected chi connectivity index (χ2v) is 11.7. The highest BCUT2D eigenvalue weighted by Gasteiger charge is 2.50. The number of ether oxygens (including phenoxy) is 2. The first-order chi connectivity index (χ1) is 21.5. The van der Waals surface area contributed by atoms with E-state index in [-0.39, 0.29) is 30.8 Å². The number of hydrogen-bond acceptors (Lipinski definition) is 7. The van der Waals surface area contributed by atoms with Gasteiger partial charge < -0.3 is 40.3 Å². The summed E-state index contributed by atoms with van der Waals surface area (Å²) in [7, 11) is 0. The molecule has 4 N–H and O–H groups in total. The van der Waals surface area contributed by atoms with Crippen molar-refractivity contribution in [3.63, 3.8) is 0 Å². The van der Waals surface area contributed by atoms with Crippen molar-refractivity contribution in [1.82, 2.24) is 15.5 Å². The molecular weight excluding hydrogens is 558 g/mol. The van der Waals surface area contributed by atoms with Crippen LogP contribution in [0.25, 0.3) is 0 Å². The van der Waals surface area contributed by atoms with Crippen LogP contribution in [0.15, 0.2) is 78.9 Å². The van der Waals surface area contributed by atoms with Gasteiger partial charge in [0.2, 0.25) is 5.91 Å². The van der Waals surface area contributed by atoms with Crippen LogP contribution in [-0.2, 0) is 20.9 Å². The Morgan fingerprint density at radius 3 is 2.50 bits per heavy atom. The molecule has 232 valence electrons. The maximum absolute atomic E-state index is 13.1. The first-order valence-electron chi connectivity index (χ1n) is 15.5. The van der Waals surface area contributed by atoms with Crippen LogP contribution < -0.4 is 20.9 Å². The molecule has 3 saturated heterocycles. The predicted octanol–water partition coefficient (Wildman–Crippen LogP) is 4.29. The minimum Gasteiger partial charge on any atom is -0.392 e. The van der Waals surface area contributed by atoms with Crippen LogP contribution in [-0.4, -0.2) is 66.4 Å². The lowest BCUT2D eigenvalue weighted by atomic mass is 9.85. The zero-order valence-electron chi connectivity index (χ0n) is 25.1. The van der Waals surface area contributed by atoms with Gasteiger partial charge >= 0.3 is 6.03 Å². The number of aliphatic hydroxyl groups excluding tert-OH is 1. The third-order valence-electron chi connectivity index (χ3n) is 8.92. The molecule has 3 aromatic rings. The maximum Gasteiger partial charge on any atom is 0.319 e. The summed E-state index contributed by atoms with van der Waals surface area (Å²) in [6.07, 6.45) is 1.19. The molecule has 3 heterocycles. The molecule has 3 amide bonds. The summed E-state index contributed by atoms with van der Waals surface area (Å²) in [5, 5.41) is 18.2. The number of benzene rings is 3. The number of likely N-dealkylation sites (tertiary alicyclic amines) is 1. The van der Waals surface area contributed by atoms with E-state index >= 15 is 0 Å². The third-order valence-corrected chi connectivity index (χ3v) is 8.92. The molecular formula is C34H41N5O5. The Labute approximate surface area is 258 Å². The summed E-state index contributed by atoms with van der Waals surface area (Å²) in [5.41, 5.74) is 3.88. The van der Waals surface area contributed by atoms with Crippen LogP contribution >= 0.6 is 0 Å². The van der Waals surface area contributed by atoms with Crippen LogP contribution in [0.5, 0.6) is 0 Å². The van der Waals surface area contributed by atoms with E-state index in [1.807, 2.05) is 73.7 Å². The van der Waals surface area contributed by atoms with Gasteiger partial charge in [-0.25, -0.2) is 4.79 Å². The maximum atomic E-state index is 13.1. The number of para-hydroxylation sites is 1. The van der Waals surface area contributed by atoms with Gasteiger partial charge in [-0.3, -0.25) is 4.79 Å². The lowest BCUT2D eigenvalue weighted by Crippen LogP contribution is -2.57. The highest BCUT2D eigenvalue weighted by atomic mass is 16.7. The molecule has 10 heteroatoms. The second-order valence-electron chi connectivity index (χ2n) is 11.7. The van der Waals surface area contributed by atoms with Crippen molar-refractivity contribution in [3.8, 4) is 0 Å². The summed E-state index contributed by atoms with van der Waals surface area (Å²) in [6.45, 7) is 5.20. The molecule has 3 aromatic carbocycles. The standard InChI is InChI=1S/C34H41N5O5/c1-2-35-33(42)37-27-8-6-7-26(19-27)31-43-29(20-30(44-31)25-13-11-24(22-40)12-14-25)21-38-17-15-34(16-18-38)32(41)36-23-39(34)28-9-4-3-5-10-28/h3-14,19,29-31,40H,2,15-18,20-23H2,1H3,(H,36,41)(H2,35,37,42). The second kappa shape index (κ2) is 13.4. The summed E-state index contributed by atoms with van der Waals surface area (Å²) in [5.74, 6) is 0.107. The average molecular weight is 600 g/mol. The molecule has 44 heavy (non-hydrogen) atoms. The van der Waals surface area contributed by atoms with E-state index in [9.17, 15) is 14.7 Å². The lowest BCUT2D eigenvalue weighted by Gasteiger charge is -2.45. The van der Waals surface area contributed by atoms with Crippen molar-refractivity contribution in [2.75, 3.05) is 43.1 Å². The van der Waals surface area contributed by atoms with Gasteiger partial charge in [0.05, 0.1) is 25.5 Å². The number of nitrogens with one attached hydrogen (secondary N) is 3. The van der Waals surface area contributed by atoms with Crippen LogP contribution in [0.3, 0.4) is 0 Å². The number of carbonyl (C=O) groups is 2. The fraction of sp³-hybridized carbons (Fsp3) is 0.412. The number of amides is 3. The number of nitrogens with zero attached hydrogens (tertiary/aromatic N) is 2. The molecule has 0 aliphatic carbocycles. The summed E-state index contributed by atoms with van der Waals surface area (Å²) < 4.78 is 13.1. The Morgan fingerprint density at radius 2 is 1.77 bits per heavy atom. The number of piperidine rings is 1. The Balaban J connectivity index is 1.17. The molecule has 0 bridgehead atoms. The van der Waals surface area contributed by atoms with Crippen LogP contribution in [0.1, 0.15) is 55.3 Å². The Hall–Kier alpha value is -3.96. The fourth-order valence-electron chi connectivity index (χ4n) is 6.56. The molecule has 3 unspecified atom stereocenters. The topological polar surface area (TPSA) is 115 Å². The number of rotatable bonds is 8. The highest BCUT2D eigenvalue weighted by molar-refractivity contribution is 5.93. The van der Waals surface area contributed by atoms with E-state index in [0.29, 0.717) is 31.9 Å². The van der Waals surface area contributed by atoms with Crippen molar-refractivity contribution in [1.29, 1.82) is 0 Å². The third kappa shape index (κ3) is 6.44. The van der Waals surface area contributed by atoms with Gasteiger partial charge in [-0.2, -0.15) is 0 Å². The molecule has 3 aliphatic rings. The van der Waals surface area contributed by atoms with Gasteiger partial charge in [-0.05, 0) is 55.2 Å². The molecule has 3 aliphatic heterocycles. The number of hydrogen-bond donors (Lipinski definition) is 4. The van der Waals surface area contributed by atoms with E-state index < -0.39 is 11.8 Å². The highest BCUT2D eigenvalue weighted by Crippen LogP contribution is 2.40. The van der Waals surface area contributed by atoms with E-state index in [2.05, 4.69) is 37.9 Å². The zero-order valence-corrected chi connectivity index (χ0v) is 25.1. The monoisotopic (exact) mass is 599 g/mol.